The number of imidazole rings is 1. The molecule has 0 aliphatic heterocycles. The fourth-order valence-electron chi connectivity index (χ4n) is 10.2. The van der Waals surface area contributed by atoms with Crippen LogP contribution in [0.4, 0.5) is 0 Å². The molecule has 0 aliphatic rings. The van der Waals surface area contributed by atoms with Gasteiger partial charge in [0, 0.05) is 37.4 Å². The van der Waals surface area contributed by atoms with Gasteiger partial charge in [-0.3, -0.25) is 4.98 Å². The van der Waals surface area contributed by atoms with Crippen molar-refractivity contribution in [1.29, 1.82) is 0 Å². The molecule has 8 aromatic carbocycles. The summed E-state index contributed by atoms with van der Waals surface area (Å²) >= 11 is 0. The Kier molecular flexibility index (Phi) is 15.5. The van der Waals surface area contributed by atoms with Gasteiger partial charge in [0.05, 0.1) is 30.5 Å². The summed E-state index contributed by atoms with van der Waals surface area (Å²) in [6, 6.07) is 70.0. The Bertz CT molecular complexity index is 3800. The van der Waals surface area contributed by atoms with E-state index in [1.54, 1.807) is 0 Å². The number of aromatic nitrogens is 3. The van der Waals surface area contributed by atoms with E-state index in [-0.39, 0.29) is 42.8 Å². The first-order valence-corrected chi connectivity index (χ1v) is 30.5. The number of benzene rings is 8. The molecule has 0 atom stereocenters. The Morgan fingerprint density at radius 1 is 0.532 bits per heavy atom. The normalized spacial score (nSPS) is 12.1. The number of para-hydroxylation sites is 2. The molecule has 0 saturated heterocycles. The Morgan fingerprint density at radius 3 is 1.71 bits per heavy atom. The molecule has 11 aromatic rings. The molecule has 3 heterocycles. The molecule has 0 fully saturated rings. The van der Waals surface area contributed by atoms with E-state index in [4.69, 9.17) is 9.40 Å². The average Bonchev–Trinajstić information content (AvgIpc) is 3.99. The Morgan fingerprint density at radius 2 is 1.12 bits per heavy atom. The van der Waals surface area contributed by atoms with Gasteiger partial charge < -0.3 is 14.0 Å². The number of rotatable bonds is 9. The minimum atomic E-state index is -1.25. The van der Waals surface area contributed by atoms with Crippen molar-refractivity contribution in [2.45, 2.75) is 112 Å². The van der Waals surface area contributed by atoms with Crippen LogP contribution in [-0.4, -0.2) is 22.6 Å². The van der Waals surface area contributed by atoms with E-state index in [1.165, 1.54) is 55.4 Å². The zero-order valence-corrected chi connectivity index (χ0v) is 50.5. The number of hydrogen-bond donors (Lipinski definition) is 0. The molecule has 0 saturated carbocycles. The van der Waals surface area contributed by atoms with Gasteiger partial charge in [0.1, 0.15) is 5.58 Å². The number of hydrogen-bond acceptors (Lipinski definition) is 3. The van der Waals surface area contributed by atoms with Crippen LogP contribution in [0, 0.1) is 12.1 Å². The van der Waals surface area contributed by atoms with Gasteiger partial charge in [-0.1, -0.05) is 208 Å². The van der Waals surface area contributed by atoms with Crippen LogP contribution in [-0.2, 0) is 30.9 Å². The second kappa shape index (κ2) is 21.8. The predicted octanol–water partition coefficient (Wildman–Crippen LogP) is 19.3. The number of pyridine rings is 1. The summed E-state index contributed by atoms with van der Waals surface area (Å²) in [6.07, 6.45) is 1.91. The molecule has 4 nitrogen and oxygen atoms in total. The van der Waals surface area contributed by atoms with E-state index in [0.717, 1.165) is 66.7 Å². The van der Waals surface area contributed by atoms with E-state index in [2.05, 4.69) is 256 Å². The van der Waals surface area contributed by atoms with Gasteiger partial charge in [0.15, 0.2) is 0 Å². The van der Waals surface area contributed by atoms with Crippen LogP contribution in [0.5, 0.6) is 0 Å². The Hall–Kier alpha value is -6.95. The maximum atomic E-state index is 6.82. The second-order valence-electron chi connectivity index (χ2n) is 24.2. The van der Waals surface area contributed by atoms with Crippen LogP contribution in [0.2, 0.25) is 19.6 Å². The fourth-order valence-corrected chi connectivity index (χ4v) is 11.4. The first kappa shape index (κ1) is 54.8. The summed E-state index contributed by atoms with van der Waals surface area (Å²) in [7, 11) is -1.25. The molecule has 0 unspecified atom stereocenters. The summed E-state index contributed by atoms with van der Waals surface area (Å²) in [5.74, 6) is 1.31. The molecule has 0 N–H and O–H groups in total. The summed E-state index contributed by atoms with van der Waals surface area (Å²) in [5, 5.41) is 3.58. The Labute approximate surface area is 472 Å². The SMILES string of the molecule is CC(C)c1cc(-c2ccc(-c3cc(C(C)(C)C)cc(C(C)(C)C)c3)cc2)cc(C(C)C)c1-n1c(-c2[c-]ccc3c2oc2cc(-c4ccccc4)ccc23)nc2ccccc21.C[Si](C)(C)c1ccnc(-c2[c-]cccc2)c1.[Ir]. The average molecular weight is 1200 g/mol. The summed E-state index contributed by atoms with van der Waals surface area (Å²) in [4.78, 5) is 9.79. The first-order valence-electron chi connectivity index (χ1n) is 27.0. The van der Waals surface area contributed by atoms with Crippen LogP contribution in [0.3, 0.4) is 0 Å². The molecule has 0 aliphatic carbocycles. The number of nitrogens with zero attached hydrogens (tertiary/aromatic N) is 3. The number of furan rings is 1. The zero-order valence-electron chi connectivity index (χ0n) is 47.1. The van der Waals surface area contributed by atoms with Crippen LogP contribution in [0.1, 0.15) is 103 Å². The van der Waals surface area contributed by atoms with E-state index in [1.807, 2.05) is 36.5 Å². The maximum absolute atomic E-state index is 6.82. The first-order chi connectivity index (χ1) is 36.2. The van der Waals surface area contributed by atoms with Crippen molar-refractivity contribution < 1.29 is 24.5 Å². The number of fused-ring (bicyclic) bond motifs is 4. The van der Waals surface area contributed by atoms with Gasteiger partial charge >= 0.3 is 0 Å². The van der Waals surface area contributed by atoms with E-state index in [9.17, 15) is 0 Å². The maximum Gasteiger partial charge on any atom is 0.121 e. The molecule has 77 heavy (non-hydrogen) atoms. The molecule has 6 heteroatoms. The molecular formula is C71H71IrN3OSi-2. The molecule has 0 bridgehead atoms. The monoisotopic (exact) mass is 1200 g/mol. The molecular weight excluding hydrogens is 1130 g/mol. The summed E-state index contributed by atoms with van der Waals surface area (Å²) in [6.45, 7) is 30.1. The van der Waals surface area contributed by atoms with Crippen molar-refractivity contribution in [3.05, 3.63) is 217 Å². The third kappa shape index (κ3) is 11.4. The van der Waals surface area contributed by atoms with Crippen molar-refractivity contribution in [1.82, 2.24) is 14.5 Å². The van der Waals surface area contributed by atoms with Crippen LogP contribution < -0.4 is 5.19 Å². The fraction of sp³-hybridized carbons (Fsp3) is 0.239. The predicted molar refractivity (Wildman–Crippen MR) is 326 cm³/mol. The largest absolute Gasteiger partial charge is 0.501 e. The topological polar surface area (TPSA) is 43.9 Å². The van der Waals surface area contributed by atoms with Gasteiger partial charge in [0.25, 0.3) is 0 Å². The van der Waals surface area contributed by atoms with Gasteiger partial charge in [0.2, 0.25) is 0 Å². The van der Waals surface area contributed by atoms with Gasteiger partial charge in [-0.25, -0.2) is 0 Å². The van der Waals surface area contributed by atoms with E-state index >= 15 is 0 Å². The minimum absolute atomic E-state index is 0. The molecule has 391 valence electrons. The van der Waals surface area contributed by atoms with Gasteiger partial charge in [-0.05, 0) is 120 Å². The van der Waals surface area contributed by atoms with Crippen LogP contribution in [0.15, 0.2) is 187 Å². The van der Waals surface area contributed by atoms with E-state index < -0.39 is 8.07 Å². The van der Waals surface area contributed by atoms with Crippen molar-refractivity contribution in [3.63, 3.8) is 0 Å². The standard InChI is InChI=1S/C57H55N2O.C14H16NSi.Ir/c1-35(2)48-31-42(39-25-23-38(24-26-39)41-29-43(56(5,6)7)34-44(30-41)57(8,9)10)32-49(36(3)4)53(48)59-51-22-15-14-21-50(51)58-55(59)47-20-16-19-46-45-28-27-40(33-52(45)60-54(46)47)37-17-12-11-13-18-37;1-16(2,3)13-9-10-15-14(11-13)12-7-5-4-6-8-12;/h11-19,21-36H,1-10H3;4-7,9-11H,1-3H3;/q2*-1;. The molecule has 0 amide bonds. The van der Waals surface area contributed by atoms with Crippen LogP contribution >= 0.6 is 0 Å². The third-order valence-electron chi connectivity index (χ3n) is 14.8. The Balaban J connectivity index is 0.000000364. The second-order valence-corrected chi connectivity index (χ2v) is 29.3. The summed E-state index contributed by atoms with van der Waals surface area (Å²) < 4.78 is 9.21. The molecule has 3 aromatic heterocycles. The van der Waals surface area contributed by atoms with Gasteiger partial charge in [-0.2, -0.15) is 0 Å². The molecule has 0 spiro atoms. The smallest absolute Gasteiger partial charge is 0.121 e. The third-order valence-corrected chi connectivity index (χ3v) is 16.8. The van der Waals surface area contributed by atoms with Crippen LogP contribution in [0.25, 0.3) is 94.7 Å². The minimum Gasteiger partial charge on any atom is -0.501 e. The van der Waals surface area contributed by atoms with Crippen molar-refractivity contribution >= 4 is 46.2 Å². The molecule has 11 rings (SSSR count). The van der Waals surface area contributed by atoms with E-state index in [0.29, 0.717) is 0 Å². The molecule has 1 radical (unpaired) electrons. The quantitative estimate of drug-likeness (QED) is 0.107. The van der Waals surface area contributed by atoms with Crippen molar-refractivity contribution in [2.24, 2.45) is 0 Å². The summed E-state index contributed by atoms with van der Waals surface area (Å²) in [5.41, 5.74) is 20.4. The van der Waals surface area contributed by atoms with Crippen molar-refractivity contribution in [3.8, 4) is 61.7 Å². The zero-order chi connectivity index (χ0) is 53.7. The van der Waals surface area contributed by atoms with Gasteiger partial charge in [-0.15, -0.1) is 54.1 Å². The van der Waals surface area contributed by atoms with Crippen molar-refractivity contribution in [2.75, 3.05) is 0 Å².